The summed E-state index contributed by atoms with van der Waals surface area (Å²) in [6.45, 7) is 3.68. The summed E-state index contributed by atoms with van der Waals surface area (Å²) in [7, 11) is 0. The molecular weight excluding hydrogens is 318 g/mol. The molecule has 0 radical (unpaired) electrons. The minimum absolute atomic E-state index is 0.171. The molecule has 1 heterocycles. The van der Waals surface area contributed by atoms with Crippen molar-refractivity contribution in [3.8, 4) is 0 Å². The molecule has 5 heteroatoms. The Hall–Kier alpha value is 0.640. The smallest absolute Gasteiger partial charge is 0.164 e. The van der Waals surface area contributed by atoms with E-state index in [4.69, 9.17) is 21.1 Å². The van der Waals surface area contributed by atoms with Crippen LogP contribution in [-0.2, 0) is 9.47 Å². The molecule has 0 spiro atoms. The maximum atomic E-state index is 9.81. The molecule has 1 N–H and O–H groups in total. The quantitative estimate of drug-likeness (QED) is 0.544. The van der Waals surface area contributed by atoms with E-state index in [-0.39, 0.29) is 17.6 Å². The van der Waals surface area contributed by atoms with Gasteiger partial charge < -0.3 is 14.6 Å². The normalized spacial score (nSPS) is 45.9. The summed E-state index contributed by atoms with van der Waals surface area (Å²) in [5.41, 5.74) is 0. The van der Waals surface area contributed by atoms with E-state index >= 15 is 0 Å². The number of rotatable bonds is 0. The maximum absolute atomic E-state index is 9.81. The molecule has 2 unspecified atom stereocenters. The zero-order valence-corrected chi connectivity index (χ0v) is 10.8. The predicted octanol–water partition coefficient (Wildman–Crippen LogP) is 1.81. The van der Waals surface area contributed by atoms with Crippen LogP contribution in [0.3, 0.4) is 0 Å². The lowest BCUT2D eigenvalue weighted by Crippen LogP contribution is -2.44. The van der Waals surface area contributed by atoms with Gasteiger partial charge in [-0.05, 0) is 36.4 Å². The SMILES string of the molecule is CC1(C)OC2C(I)=C[C@@H](Cl)[C@@H](O)C2O1. The molecule has 1 saturated heterocycles. The van der Waals surface area contributed by atoms with Crippen molar-refractivity contribution in [2.75, 3.05) is 0 Å². The van der Waals surface area contributed by atoms with Gasteiger partial charge in [-0.2, -0.15) is 0 Å². The Morgan fingerprint density at radius 1 is 1.50 bits per heavy atom. The highest BCUT2D eigenvalue weighted by atomic mass is 127. The van der Waals surface area contributed by atoms with Gasteiger partial charge >= 0.3 is 0 Å². The second-order valence-electron chi connectivity index (χ2n) is 4.01. The zero-order valence-electron chi connectivity index (χ0n) is 7.91. The third kappa shape index (κ3) is 1.82. The third-order valence-corrected chi connectivity index (χ3v) is 3.74. The van der Waals surface area contributed by atoms with E-state index in [0.717, 1.165) is 3.58 Å². The number of hydrogen-bond acceptors (Lipinski definition) is 3. The summed E-state index contributed by atoms with van der Waals surface area (Å²) in [4.78, 5) is 0. The van der Waals surface area contributed by atoms with Crippen LogP contribution in [0, 0.1) is 0 Å². The van der Waals surface area contributed by atoms with Gasteiger partial charge in [-0.15, -0.1) is 11.6 Å². The van der Waals surface area contributed by atoms with Crippen LogP contribution < -0.4 is 0 Å². The maximum Gasteiger partial charge on any atom is 0.164 e. The molecule has 0 bridgehead atoms. The van der Waals surface area contributed by atoms with Crippen molar-refractivity contribution < 1.29 is 14.6 Å². The van der Waals surface area contributed by atoms with Crippen molar-refractivity contribution in [2.45, 2.75) is 43.3 Å². The number of aliphatic hydroxyl groups is 1. The van der Waals surface area contributed by atoms with Crippen molar-refractivity contribution in [3.05, 3.63) is 9.66 Å². The summed E-state index contributed by atoms with van der Waals surface area (Å²) in [5, 5.41) is 9.42. The molecule has 14 heavy (non-hydrogen) atoms. The second-order valence-corrected chi connectivity index (χ2v) is 5.76. The highest BCUT2D eigenvalue weighted by Crippen LogP contribution is 2.40. The first-order valence-electron chi connectivity index (χ1n) is 4.46. The fourth-order valence-electron chi connectivity index (χ4n) is 1.78. The van der Waals surface area contributed by atoms with Crippen LogP contribution in [0.5, 0.6) is 0 Å². The van der Waals surface area contributed by atoms with Gasteiger partial charge in [0.25, 0.3) is 0 Å². The average Bonchev–Trinajstić information content (AvgIpc) is 2.38. The van der Waals surface area contributed by atoms with E-state index < -0.39 is 11.9 Å². The molecule has 80 valence electrons. The first-order valence-corrected chi connectivity index (χ1v) is 5.97. The summed E-state index contributed by atoms with van der Waals surface area (Å²) in [6.07, 6.45) is 0.612. The standard InChI is InChI=1S/C9H12ClIO3/c1-9(2)13-7-5(11)3-4(10)6(12)8(7)14-9/h3-4,6-8,12H,1-2H3/t4-,6-,7?,8?/m1/s1. The summed E-state index contributed by atoms with van der Waals surface area (Å²) >= 11 is 8.13. The van der Waals surface area contributed by atoms with Crippen molar-refractivity contribution in [1.82, 2.24) is 0 Å². The molecule has 2 rings (SSSR count). The van der Waals surface area contributed by atoms with E-state index in [1.807, 2.05) is 19.9 Å². The Morgan fingerprint density at radius 3 is 2.79 bits per heavy atom. The highest BCUT2D eigenvalue weighted by Gasteiger charge is 2.49. The molecule has 1 aliphatic carbocycles. The van der Waals surface area contributed by atoms with Crippen molar-refractivity contribution in [3.63, 3.8) is 0 Å². The molecule has 2 aliphatic rings. The molecule has 1 fully saturated rings. The predicted molar refractivity (Wildman–Crippen MR) is 61.6 cm³/mol. The van der Waals surface area contributed by atoms with Crippen molar-refractivity contribution in [1.29, 1.82) is 0 Å². The topological polar surface area (TPSA) is 38.7 Å². The molecule has 0 aromatic carbocycles. The van der Waals surface area contributed by atoms with Crippen LogP contribution in [0.4, 0.5) is 0 Å². The van der Waals surface area contributed by atoms with Crippen LogP contribution in [0.2, 0.25) is 0 Å². The van der Waals surface area contributed by atoms with Crippen LogP contribution >= 0.6 is 34.2 Å². The van der Waals surface area contributed by atoms with E-state index in [9.17, 15) is 5.11 Å². The van der Waals surface area contributed by atoms with E-state index in [1.54, 1.807) is 0 Å². The highest BCUT2D eigenvalue weighted by molar-refractivity contribution is 14.1. The van der Waals surface area contributed by atoms with Gasteiger partial charge in [0.15, 0.2) is 5.79 Å². The van der Waals surface area contributed by atoms with Gasteiger partial charge in [-0.1, -0.05) is 6.08 Å². The number of aliphatic hydroxyl groups excluding tert-OH is 1. The first kappa shape index (κ1) is 11.1. The molecule has 0 aromatic heterocycles. The average molecular weight is 331 g/mol. The van der Waals surface area contributed by atoms with E-state index in [1.165, 1.54) is 0 Å². The van der Waals surface area contributed by atoms with Gasteiger partial charge in [0, 0.05) is 3.58 Å². The molecule has 3 nitrogen and oxygen atoms in total. The molecule has 0 aromatic rings. The lowest BCUT2D eigenvalue weighted by atomic mass is 9.98. The Bertz CT molecular complexity index is 279. The molecule has 1 aliphatic heterocycles. The lowest BCUT2D eigenvalue weighted by Gasteiger charge is -2.29. The fraction of sp³-hybridized carbons (Fsp3) is 0.778. The van der Waals surface area contributed by atoms with Crippen molar-refractivity contribution >= 4 is 34.2 Å². The monoisotopic (exact) mass is 330 g/mol. The van der Waals surface area contributed by atoms with Crippen LogP contribution in [0.25, 0.3) is 0 Å². The summed E-state index contributed by atoms with van der Waals surface area (Å²) in [6, 6.07) is 0. The summed E-state index contributed by atoms with van der Waals surface area (Å²) in [5.74, 6) is -0.637. The molecular formula is C9H12ClIO3. The number of alkyl halides is 1. The van der Waals surface area contributed by atoms with Gasteiger partial charge in [0.05, 0.1) is 5.38 Å². The minimum atomic E-state index is -0.693. The number of hydrogen-bond donors (Lipinski definition) is 1. The fourth-order valence-corrected chi connectivity index (χ4v) is 3.14. The summed E-state index contributed by atoms with van der Waals surface area (Å²) < 4.78 is 12.3. The zero-order chi connectivity index (χ0) is 10.5. The van der Waals surface area contributed by atoms with Crippen molar-refractivity contribution in [2.24, 2.45) is 0 Å². The van der Waals surface area contributed by atoms with Crippen LogP contribution in [0.15, 0.2) is 9.66 Å². The Balaban J connectivity index is 2.27. The Kier molecular flexibility index (Phi) is 2.85. The van der Waals surface area contributed by atoms with Gasteiger partial charge in [0.2, 0.25) is 0 Å². The third-order valence-electron chi connectivity index (χ3n) is 2.38. The van der Waals surface area contributed by atoms with Gasteiger partial charge in [-0.25, -0.2) is 0 Å². The molecule has 0 saturated carbocycles. The second kappa shape index (κ2) is 3.59. The van der Waals surface area contributed by atoms with Gasteiger partial charge in [0.1, 0.15) is 18.3 Å². The number of ether oxygens (including phenoxy) is 2. The largest absolute Gasteiger partial charge is 0.388 e. The molecule has 0 amide bonds. The first-order chi connectivity index (χ1) is 6.41. The Labute approximate surface area is 102 Å². The number of halogens is 2. The van der Waals surface area contributed by atoms with E-state index in [0.29, 0.717) is 0 Å². The minimum Gasteiger partial charge on any atom is -0.388 e. The van der Waals surface area contributed by atoms with Crippen LogP contribution in [0.1, 0.15) is 13.8 Å². The number of fused-ring (bicyclic) bond motifs is 1. The van der Waals surface area contributed by atoms with Gasteiger partial charge in [-0.3, -0.25) is 0 Å². The molecule has 4 atom stereocenters. The van der Waals surface area contributed by atoms with Crippen LogP contribution in [-0.4, -0.2) is 34.6 Å². The lowest BCUT2D eigenvalue weighted by molar-refractivity contribution is -0.152. The van der Waals surface area contributed by atoms with E-state index in [2.05, 4.69) is 22.6 Å². The Morgan fingerprint density at radius 2 is 2.14 bits per heavy atom.